The van der Waals surface area contributed by atoms with Crippen LogP contribution in [0.2, 0.25) is 10.0 Å². The lowest BCUT2D eigenvalue weighted by Crippen LogP contribution is -2.48. The van der Waals surface area contributed by atoms with Crippen molar-refractivity contribution in [2.45, 2.75) is 49.9 Å². The van der Waals surface area contributed by atoms with E-state index < -0.39 is 13.0 Å². The van der Waals surface area contributed by atoms with Gasteiger partial charge in [-0.2, -0.15) is 0 Å². The van der Waals surface area contributed by atoms with Gasteiger partial charge in [0.2, 0.25) is 11.8 Å². The topological polar surface area (TPSA) is 110 Å². The zero-order valence-corrected chi connectivity index (χ0v) is 18.6. The SMILES string of the molecule is O=C(COc1ccc(Cl)c(Cl)c1)N[C@H]1CCC(c2nnc(C3CC(F)C3)o2)NC1.OCF. The molecule has 176 valence electrons. The molecule has 1 unspecified atom stereocenters. The fourth-order valence-corrected chi connectivity index (χ4v) is 3.77. The van der Waals surface area contributed by atoms with Crippen molar-refractivity contribution in [1.82, 2.24) is 20.8 Å². The number of nitrogens with zero attached hydrogens (tertiary/aromatic N) is 2. The first-order valence-electron chi connectivity index (χ1n) is 10.1. The maximum Gasteiger partial charge on any atom is 0.258 e. The number of amides is 1. The summed E-state index contributed by atoms with van der Waals surface area (Å²) >= 11 is 11.8. The average molecular weight is 493 g/mol. The van der Waals surface area contributed by atoms with E-state index in [-0.39, 0.29) is 30.5 Å². The van der Waals surface area contributed by atoms with Crippen LogP contribution in [0, 0.1) is 0 Å². The lowest BCUT2D eigenvalue weighted by atomic mass is 9.83. The van der Waals surface area contributed by atoms with Crippen molar-refractivity contribution in [3.05, 3.63) is 40.0 Å². The number of ether oxygens (including phenoxy) is 1. The van der Waals surface area contributed by atoms with E-state index in [1.165, 1.54) is 0 Å². The van der Waals surface area contributed by atoms with Crippen LogP contribution in [0.5, 0.6) is 5.75 Å². The van der Waals surface area contributed by atoms with Gasteiger partial charge in [0.25, 0.3) is 5.91 Å². The third-order valence-corrected chi connectivity index (χ3v) is 5.96. The summed E-state index contributed by atoms with van der Waals surface area (Å²) < 4.78 is 34.0. The molecule has 3 N–H and O–H groups in total. The zero-order valence-electron chi connectivity index (χ0n) is 17.1. The minimum atomic E-state index is -1.25. The lowest BCUT2D eigenvalue weighted by Gasteiger charge is -2.29. The van der Waals surface area contributed by atoms with E-state index in [9.17, 15) is 13.6 Å². The highest BCUT2D eigenvalue weighted by atomic mass is 35.5. The molecule has 1 aliphatic carbocycles. The average Bonchev–Trinajstić information content (AvgIpc) is 3.23. The Bertz CT molecular complexity index is 890. The van der Waals surface area contributed by atoms with E-state index in [1.54, 1.807) is 18.2 Å². The van der Waals surface area contributed by atoms with Crippen molar-refractivity contribution < 1.29 is 27.8 Å². The van der Waals surface area contributed by atoms with E-state index in [0.29, 0.717) is 47.0 Å². The highest BCUT2D eigenvalue weighted by Crippen LogP contribution is 2.38. The van der Waals surface area contributed by atoms with Crippen LogP contribution < -0.4 is 15.4 Å². The maximum absolute atomic E-state index is 13.0. The molecule has 0 bridgehead atoms. The summed E-state index contributed by atoms with van der Waals surface area (Å²) in [5, 5.41) is 22.1. The van der Waals surface area contributed by atoms with Gasteiger partial charge in [0, 0.05) is 24.6 Å². The Labute approximate surface area is 193 Å². The number of piperidine rings is 1. The van der Waals surface area contributed by atoms with Crippen molar-refractivity contribution in [3.63, 3.8) is 0 Å². The summed E-state index contributed by atoms with van der Waals surface area (Å²) in [5.74, 6) is 1.35. The molecule has 1 amide bonds. The number of carbonyl (C=O) groups excluding carboxylic acids is 1. The molecular formula is C20H24Cl2F2N4O4. The van der Waals surface area contributed by atoms with Gasteiger partial charge in [-0.3, -0.25) is 4.79 Å². The van der Waals surface area contributed by atoms with Gasteiger partial charge in [-0.1, -0.05) is 23.2 Å². The van der Waals surface area contributed by atoms with Crippen LogP contribution in [0.1, 0.15) is 49.4 Å². The number of aliphatic hydroxyl groups is 1. The molecule has 1 aliphatic heterocycles. The summed E-state index contributed by atoms with van der Waals surface area (Å²) in [4.78, 5) is 12.1. The molecule has 0 radical (unpaired) electrons. The number of carbonyl (C=O) groups is 1. The van der Waals surface area contributed by atoms with Gasteiger partial charge in [0.05, 0.1) is 16.1 Å². The Morgan fingerprint density at radius 2 is 1.97 bits per heavy atom. The fraction of sp³-hybridized carbons (Fsp3) is 0.550. The lowest BCUT2D eigenvalue weighted by molar-refractivity contribution is -0.124. The molecule has 4 rings (SSSR count). The monoisotopic (exact) mass is 492 g/mol. The molecule has 12 heteroatoms. The standard InChI is InChI=1S/C19H21Cl2FN4O3.CH3FO/c20-14-3-2-13(7-15(14)21)28-9-17(27)24-12-1-4-16(23-8-12)19-26-25-18(29-19)10-5-11(22)6-10;2-1-3/h2-3,7,10-12,16,23H,1,4-6,8-9H2,(H,24,27);3H,1H2/t10?,11?,12-,16?;/m0./s1. The first-order valence-corrected chi connectivity index (χ1v) is 10.9. The largest absolute Gasteiger partial charge is 0.484 e. The first kappa shape index (κ1) is 24.6. The minimum absolute atomic E-state index is 0.0162. The van der Waals surface area contributed by atoms with E-state index in [0.717, 1.165) is 12.8 Å². The maximum atomic E-state index is 13.0. The normalized spacial score (nSPS) is 24.7. The molecule has 0 spiro atoms. The number of nitrogens with one attached hydrogen (secondary N) is 2. The number of hydrogen-bond donors (Lipinski definition) is 3. The van der Waals surface area contributed by atoms with Crippen molar-refractivity contribution >= 4 is 29.1 Å². The molecule has 1 aromatic heterocycles. The predicted molar refractivity (Wildman–Crippen MR) is 113 cm³/mol. The minimum Gasteiger partial charge on any atom is -0.484 e. The third kappa shape index (κ3) is 6.74. The first-order chi connectivity index (χ1) is 15.4. The van der Waals surface area contributed by atoms with Gasteiger partial charge >= 0.3 is 0 Å². The molecule has 2 atom stereocenters. The number of rotatable bonds is 6. The molecule has 1 saturated heterocycles. The number of aromatic nitrogens is 2. The summed E-state index contributed by atoms with van der Waals surface area (Å²) in [7, 11) is 0. The van der Waals surface area contributed by atoms with E-state index in [2.05, 4.69) is 20.8 Å². The van der Waals surface area contributed by atoms with Crippen LogP contribution in [0.25, 0.3) is 0 Å². The second kappa shape index (κ2) is 11.7. The molecule has 2 heterocycles. The molecule has 8 nitrogen and oxygen atoms in total. The summed E-state index contributed by atoms with van der Waals surface area (Å²) in [6.45, 7) is -0.779. The third-order valence-electron chi connectivity index (χ3n) is 5.22. The second-order valence-corrected chi connectivity index (χ2v) is 8.35. The number of halogens is 4. The summed E-state index contributed by atoms with van der Waals surface area (Å²) in [5.41, 5.74) is 0. The number of hydrogen-bond acceptors (Lipinski definition) is 7. The smallest absolute Gasteiger partial charge is 0.258 e. The summed E-state index contributed by atoms with van der Waals surface area (Å²) in [6, 6.07) is 4.77. The van der Waals surface area contributed by atoms with Crippen LogP contribution in [0.4, 0.5) is 8.78 Å². The molecule has 2 fully saturated rings. The van der Waals surface area contributed by atoms with Crippen LogP contribution in [-0.2, 0) is 4.79 Å². The number of alkyl halides is 2. The molecule has 1 saturated carbocycles. The molecule has 2 aromatic rings. The van der Waals surface area contributed by atoms with Crippen molar-refractivity contribution in [1.29, 1.82) is 0 Å². The number of benzene rings is 1. The summed E-state index contributed by atoms with van der Waals surface area (Å²) in [6.07, 6.45) is 1.67. The quantitative estimate of drug-likeness (QED) is 0.565. The van der Waals surface area contributed by atoms with Gasteiger partial charge in [-0.25, -0.2) is 8.78 Å². The van der Waals surface area contributed by atoms with E-state index >= 15 is 0 Å². The van der Waals surface area contributed by atoms with Crippen LogP contribution in [0.3, 0.4) is 0 Å². The Hall–Kier alpha value is -2.01. The molecule has 1 aromatic carbocycles. The molecule has 2 aliphatic rings. The predicted octanol–water partition coefficient (Wildman–Crippen LogP) is 3.49. The Kier molecular flexibility index (Phi) is 9.03. The van der Waals surface area contributed by atoms with Crippen molar-refractivity contribution in [2.24, 2.45) is 0 Å². The van der Waals surface area contributed by atoms with Gasteiger partial charge in [-0.05, 0) is 37.8 Å². The Morgan fingerprint density at radius 1 is 1.25 bits per heavy atom. The Balaban J connectivity index is 0.000000913. The van der Waals surface area contributed by atoms with Gasteiger partial charge < -0.3 is 24.9 Å². The molecule has 32 heavy (non-hydrogen) atoms. The second-order valence-electron chi connectivity index (χ2n) is 7.53. The highest BCUT2D eigenvalue weighted by Gasteiger charge is 2.35. The van der Waals surface area contributed by atoms with Crippen LogP contribution >= 0.6 is 23.2 Å². The number of aliphatic hydroxyl groups excluding tert-OH is 1. The zero-order chi connectivity index (χ0) is 23.1. The van der Waals surface area contributed by atoms with Crippen LogP contribution in [-0.4, -0.2) is 53.4 Å². The van der Waals surface area contributed by atoms with E-state index in [1.807, 2.05) is 0 Å². The highest BCUT2D eigenvalue weighted by molar-refractivity contribution is 6.42. The fourth-order valence-electron chi connectivity index (χ4n) is 3.48. The van der Waals surface area contributed by atoms with Crippen molar-refractivity contribution in [2.75, 3.05) is 20.0 Å². The Morgan fingerprint density at radius 3 is 2.59 bits per heavy atom. The van der Waals surface area contributed by atoms with E-state index in [4.69, 9.17) is 37.5 Å². The van der Waals surface area contributed by atoms with Gasteiger partial charge in [0.15, 0.2) is 13.5 Å². The van der Waals surface area contributed by atoms with Crippen molar-refractivity contribution in [3.8, 4) is 5.75 Å². The van der Waals surface area contributed by atoms with Crippen LogP contribution in [0.15, 0.2) is 22.6 Å². The van der Waals surface area contributed by atoms with Gasteiger partial charge in [-0.15, -0.1) is 10.2 Å². The molecular weight excluding hydrogens is 469 g/mol. The van der Waals surface area contributed by atoms with Gasteiger partial charge in [0.1, 0.15) is 11.9 Å².